The fourth-order valence-electron chi connectivity index (χ4n) is 3.73. The quantitative estimate of drug-likeness (QED) is 0.759. The van der Waals surface area contributed by atoms with Crippen molar-refractivity contribution < 1.29 is 9.90 Å². The summed E-state index contributed by atoms with van der Waals surface area (Å²) < 4.78 is 0. The van der Waals surface area contributed by atoms with E-state index in [0.717, 1.165) is 35.9 Å². The lowest BCUT2D eigenvalue weighted by Gasteiger charge is -2.39. The molecule has 128 valence electrons. The van der Waals surface area contributed by atoms with Crippen molar-refractivity contribution >= 4 is 28.2 Å². The average molecular weight is 352 g/mol. The predicted molar refractivity (Wildman–Crippen MR) is 99.9 cm³/mol. The number of carboxylic acid groups (broad SMARTS) is 1. The molecular weight excluding hydrogens is 332 g/mol. The van der Waals surface area contributed by atoms with Crippen LogP contribution >= 0.6 is 11.3 Å². The number of carboxylic acids is 1. The van der Waals surface area contributed by atoms with Gasteiger partial charge in [0.25, 0.3) is 0 Å². The van der Waals surface area contributed by atoms with Gasteiger partial charge >= 0.3 is 5.97 Å². The lowest BCUT2D eigenvalue weighted by molar-refractivity contribution is -0.145. The Hall–Kier alpha value is -2.24. The number of aliphatic carboxylic acids is 1. The second-order valence-corrected chi connectivity index (χ2v) is 7.45. The minimum absolute atomic E-state index is 0.0569. The number of fused-ring (bicyclic) bond motifs is 1. The summed E-state index contributed by atoms with van der Waals surface area (Å²) >= 11 is 1.68. The summed E-state index contributed by atoms with van der Waals surface area (Å²) in [5.74, 6) is -0.727. The molecule has 4 nitrogen and oxygen atoms in total. The van der Waals surface area contributed by atoms with Gasteiger partial charge in [0.2, 0.25) is 0 Å². The van der Waals surface area contributed by atoms with Crippen LogP contribution in [0.3, 0.4) is 0 Å². The molecule has 3 aromatic rings. The van der Waals surface area contributed by atoms with E-state index in [-0.39, 0.29) is 6.04 Å². The summed E-state index contributed by atoms with van der Waals surface area (Å²) in [6.07, 6.45) is 4.62. The number of carbonyl (C=O) groups is 1. The summed E-state index contributed by atoms with van der Waals surface area (Å²) in [7, 11) is 0. The molecule has 0 radical (unpaired) electrons. The highest BCUT2D eigenvalue weighted by Gasteiger charge is 2.35. The summed E-state index contributed by atoms with van der Waals surface area (Å²) in [5, 5.41) is 12.9. The third-order valence-corrected chi connectivity index (χ3v) is 5.83. The third-order valence-electron chi connectivity index (χ3n) is 4.90. The highest BCUT2D eigenvalue weighted by atomic mass is 32.1. The van der Waals surface area contributed by atoms with E-state index in [1.54, 1.807) is 11.3 Å². The Morgan fingerprint density at radius 2 is 2.12 bits per heavy atom. The second kappa shape index (κ2) is 6.94. The molecule has 5 heteroatoms. The Morgan fingerprint density at radius 3 is 2.92 bits per heavy atom. The molecule has 0 amide bonds. The molecule has 2 atom stereocenters. The number of hydrogen-bond donors (Lipinski definition) is 1. The van der Waals surface area contributed by atoms with E-state index in [9.17, 15) is 9.90 Å². The molecule has 1 fully saturated rings. The van der Waals surface area contributed by atoms with Crippen molar-refractivity contribution in [3.63, 3.8) is 0 Å². The van der Waals surface area contributed by atoms with Crippen LogP contribution < -0.4 is 0 Å². The van der Waals surface area contributed by atoms with E-state index in [4.69, 9.17) is 0 Å². The summed E-state index contributed by atoms with van der Waals surface area (Å²) in [6, 6.07) is 13.8. The van der Waals surface area contributed by atoms with Crippen LogP contribution in [-0.2, 0) is 4.79 Å². The van der Waals surface area contributed by atoms with Crippen LogP contribution in [0.5, 0.6) is 0 Å². The van der Waals surface area contributed by atoms with Crippen LogP contribution in [0.1, 0.15) is 35.7 Å². The average Bonchev–Trinajstić information content (AvgIpc) is 3.16. The highest BCUT2D eigenvalue weighted by Crippen LogP contribution is 2.36. The van der Waals surface area contributed by atoms with Crippen molar-refractivity contribution in [1.29, 1.82) is 0 Å². The van der Waals surface area contributed by atoms with Crippen molar-refractivity contribution in [2.45, 2.75) is 31.3 Å². The van der Waals surface area contributed by atoms with E-state index >= 15 is 0 Å². The number of aromatic nitrogens is 1. The van der Waals surface area contributed by atoms with E-state index in [1.165, 1.54) is 4.88 Å². The first-order valence-corrected chi connectivity index (χ1v) is 9.48. The standard InChI is InChI=1S/C20H20N2O2S/c23-20(24)17-8-3-4-10-22(17)19(18-9-5-11-25-18)15-12-14-6-1-2-7-16(14)21-13-15/h1-2,5-7,9,11-13,17,19H,3-4,8,10H2,(H,23,24). The number of benzene rings is 1. The van der Waals surface area contributed by atoms with Crippen LogP contribution in [0.15, 0.2) is 54.0 Å². The molecule has 3 heterocycles. The fraction of sp³-hybridized carbons (Fsp3) is 0.300. The Morgan fingerprint density at radius 1 is 1.24 bits per heavy atom. The zero-order valence-electron chi connectivity index (χ0n) is 13.8. The van der Waals surface area contributed by atoms with E-state index < -0.39 is 12.0 Å². The molecule has 0 saturated carbocycles. The maximum Gasteiger partial charge on any atom is 0.320 e. The van der Waals surface area contributed by atoms with Crippen molar-refractivity contribution in [2.24, 2.45) is 0 Å². The Labute approximate surface area is 150 Å². The maximum atomic E-state index is 11.8. The Bertz CT molecular complexity index is 878. The minimum atomic E-state index is -0.727. The number of nitrogens with zero attached hydrogens (tertiary/aromatic N) is 2. The first kappa shape index (κ1) is 16.2. The van der Waals surface area contributed by atoms with Gasteiger partial charge in [0.05, 0.1) is 11.6 Å². The topological polar surface area (TPSA) is 53.4 Å². The molecule has 0 bridgehead atoms. The minimum Gasteiger partial charge on any atom is -0.480 e. The largest absolute Gasteiger partial charge is 0.480 e. The first-order chi connectivity index (χ1) is 12.2. The molecule has 2 unspecified atom stereocenters. The van der Waals surface area contributed by atoms with Gasteiger partial charge in [-0.1, -0.05) is 30.7 Å². The van der Waals surface area contributed by atoms with Gasteiger partial charge in [-0.2, -0.15) is 0 Å². The highest BCUT2D eigenvalue weighted by molar-refractivity contribution is 7.10. The summed E-state index contributed by atoms with van der Waals surface area (Å²) in [4.78, 5) is 19.7. The van der Waals surface area contributed by atoms with Crippen LogP contribution in [0.4, 0.5) is 0 Å². The first-order valence-electron chi connectivity index (χ1n) is 8.60. The van der Waals surface area contributed by atoms with Gasteiger partial charge in [0.15, 0.2) is 0 Å². The van der Waals surface area contributed by atoms with Crippen molar-refractivity contribution in [3.05, 3.63) is 64.5 Å². The molecule has 25 heavy (non-hydrogen) atoms. The molecule has 1 aliphatic rings. The van der Waals surface area contributed by atoms with E-state index in [0.29, 0.717) is 6.42 Å². The fourth-order valence-corrected chi connectivity index (χ4v) is 4.60. The van der Waals surface area contributed by atoms with E-state index in [2.05, 4.69) is 33.5 Å². The van der Waals surface area contributed by atoms with Gasteiger partial charge in [-0.05, 0) is 48.5 Å². The third kappa shape index (κ3) is 3.17. The summed E-state index contributed by atoms with van der Waals surface area (Å²) in [6.45, 7) is 0.798. The second-order valence-electron chi connectivity index (χ2n) is 6.47. The normalized spacial score (nSPS) is 19.8. The number of thiophene rings is 1. The van der Waals surface area contributed by atoms with Crippen molar-refractivity contribution in [2.75, 3.05) is 6.54 Å². The number of para-hydroxylation sites is 1. The van der Waals surface area contributed by atoms with Gasteiger partial charge < -0.3 is 5.11 Å². The lowest BCUT2D eigenvalue weighted by atomic mass is 9.95. The van der Waals surface area contributed by atoms with Crippen LogP contribution in [0.2, 0.25) is 0 Å². The zero-order valence-corrected chi connectivity index (χ0v) is 14.7. The van der Waals surface area contributed by atoms with Crippen LogP contribution in [0, 0.1) is 0 Å². The molecule has 1 aromatic carbocycles. The van der Waals surface area contributed by atoms with Crippen molar-refractivity contribution in [1.82, 2.24) is 9.88 Å². The molecule has 0 aliphatic carbocycles. The monoisotopic (exact) mass is 352 g/mol. The molecule has 4 rings (SSSR count). The molecular formula is C20H20N2O2S. The Balaban J connectivity index is 1.81. The molecule has 1 N–H and O–H groups in total. The van der Waals surface area contributed by atoms with Crippen LogP contribution in [-0.4, -0.2) is 33.5 Å². The lowest BCUT2D eigenvalue weighted by Crippen LogP contribution is -2.46. The van der Waals surface area contributed by atoms with Gasteiger partial charge in [-0.15, -0.1) is 11.3 Å². The smallest absolute Gasteiger partial charge is 0.320 e. The number of likely N-dealkylation sites (tertiary alicyclic amines) is 1. The molecule has 1 saturated heterocycles. The summed E-state index contributed by atoms with van der Waals surface area (Å²) in [5.41, 5.74) is 2.03. The van der Waals surface area contributed by atoms with Gasteiger partial charge in [0, 0.05) is 16.5 Å². The van der Waals surface area contributed by atoms with Gasteiger partial charge in [0.1, 0.15) is 6.04 Å². The molecule has 1 aliphatic heterocycles. The van der Waals surface area contributed by atoms with Gasteiger partial charge in [-0.25, -0.2) is 0 Å². The number of hydrogen-bond acceptors (Lipinski definition) is 4. The number of piperidine rings is 1. The molecule has 0 spiro atoms. The molecule has 2 aromatic heterocycles. The predicted octanol–water partition coefficient (Wildman–Crippen LogP) is 4.32. The van der Waals surface area contributed by atoms with Crippen LogP contribution in [0.25, 0.3) is 10.9 Å². The van der Waals surface area contributed by atoms with Crippen molar-refractivity contribution in [3.8, 4) is 0 Å². The Kier molecular flexibility index (Phi) is 4.51. The number of rotatable bonds is 4. The van der Waals surface area contributed by atoms with E-state index in [1.807, 2.05) is 30.5 Å². The number of pyridine rings is 1. The van der Waals surface area contributed by atoms with Gasteiger partial charge in [-0.3, -0.25) is 14.7 Å². The maximum absolute atomic E-state index is 11.8. The SMILES string of the molecule is O=C(O)C1CCCCN1C(c1cnc2ccccc2c1)c1cccs1. The zero-order chi connectivity index (χ0) is 17.2.